The molecule has 0 N–H and O–H groups in total. The number of benzene rings is 1. The second-order valence-electron chi connectivity index (χ2n) is 2.17. The summed E-state index contributed by atoms with van der Waals surface area (Å²) in [6, 6.07) is 9.63. The third kappa shape index (κ3) is 6.39. The SMILES string of the molecule is O=C(/C=C/c1ccccc1)[O][Nd].[Yb]. The first-order valence-corrected chi connectivity index (χ1v) is 4.74. The van der Waals surface area contributed by atoms with Gasteiger partial charge in [-0.1, -0.05) is 0 Å². The van der Waals surface area contributed by atoms with Gasteiger partial charge in [-0.2, -0.15) is 0 Å². The average molecular weight is 464 g/mol. The minimum atomic E-state index is -0.273. The Hall–Kier alpha value is 1.30. The Morgan fingerprint density at radius 2 is 1.92 bits per heavy atom. The van der Waals surface area contributed by atoms with Crippen LogP contribution in [-0.2, 0) is 5.86 Å². The van der Waals surface area contributed by atoms with Gasteiger partial charge in [0.25, 0.3) is 0 Å². The van der Waals surface area contributed by atoms with Crippen LogP contribution in [0, 0.1) is 86.3 Å². The van der Waals surface area contributed by atoms with Gasteiger partial charge in [0, 0.05) is 46.9 Å². The van der Waals surface area contributed by atoms with Crippen LogP contribution < -0.4 is 0 Å². The standard InChI is InChI=1S/C9H8O2.Nd.Yb/c10-9(11)7-6-8-4-2-1-3-5-8;;/h1-7H,(H,10,11);;/q;+1;/p-1/b7-6+;;. The van der Waals surface area contributed by atoms with Gasteiger partial charge in [-0.25, -0.2) is 0 Å². The van der Waals surface area contributed by atoms with Gasteiger partial charge >= 0.3 is 99.2 Å². The molecular weight excluding hydrogens is 457 g/mol. The van der Waals surface area contributed by atoms with E-state index in [1.165, 1.54) is 6.08 Å². The summed E-state index contributed by atoms with van der Waals surface area (Å²) < 4.78 is 4.59. The number of carbonyl (C=O) groups is 1. The summed E-state index contributed by atoms with van der Waals surface area (Å²) in [6.07, 6.45) is 3.17. The molecule has 0 radical (unpaired) electrons. The van der Waals surface area contributed by atoms with Crippen LogP contribution in [0.5, 0.6) is 0 Å². The summed E-state index contributed by atoms with van der Waals surface area (Å²) in [7, 11) is 0. The molecule has 0 aliphatic rings. The van der Waals surface area contributed by atoms with Gasteiger partial charge in [-0.3, -0.25) is 0 Å². The van der Waals surface area contributed by atoms with Crippen LogP contribution in [0.15, 0.2) is 36.4 Å². The van der Waals surface area contributed by atoms with E-state index < -0.39 is 0 Å². The van der Waals surface area contributed by atoms with Gasteiger partial charge in [-0.05, 0) is 0 Å². The molecule has 0 unspecified atom stereocenters. The maximum absolute atomic E-state index is 10.7. The van der Waals surface area contributed by atoms with E-state index in [1.807, 2.05) is 30.3 Å². The molecule has 0 fully saturated rings. The zero-order valence-corrected chi connectivity index (χ0v) is 11.5. The fraction of sp³-hybridized carbons (Fsp3) is 0. The van der Waals surface area contributed by atoms with Crippen molar-refractivity contribution in [2.45, 2.75) is 0 Å². The van der Waals surface area contributed by atoms with E-state index in [4.69, 9.17) is 0 Å². The van der Waals surface area contributed by atoms with E-state index in [0.717, 1.165) is 5.56 Å². The van der Waals surface area contributed by atoms with Crippen molar-refractivity contribution >= 4 is 12.0 Å². The Bertz CT molecular complexity index is 285. The summed E-state index contributed by atoms with van der Waals surface area (Å²) in [6.45, 7) is 0. The van der Waals surface area contributed by atoms with Gasteiger partial charge in [-0.15, -0.1) is 0 Å². The topological polar surface area (TPSA) is 26.3 Å². The van der Waals surface area contributed by atoms with Crippen LogP contribution >= 0.6 is 0 Å². The molecule has 13 heavy (non-hydrogen) atoms. The first-order chi connectivity index (χ1) is 5.83. The molecule has 0 saturated carbocycles. The maximum atomic E-state index is 10.7. The van der Waals surface area contributed by atoms with Crippen LogP contribution in [0.4, 0.5) is 0 Å². The fourth-order valence-electron chi connectivity index (χ4n) is 0.762. The zero-order chi connectivity index (χ0) is 8.81. The Labute approximate surface area is 143 Å². The molecule has 0 heterocycles. The summed E-state index contributed by atoms with van der Waals surface area (Å²) in [4.78, 5) is 10.7. The van der Waals surface area contributed by atoms with Crippen molar-refractivity contribution in [2.24, 2.45) is 0 Å². The first-order valence-electron chi connectivity index (χ1n) is 3.43. The molecule has 0 atom stereocenters. The zero-order valence-electron chi connectivity index (χ0n) is 6.63. The fourth-order valence-corrected chi connectivity index (χ4v) is 0.981. The van der Waals surface area contributed by atoms with E-state index >= 15 is 0 Å². The summed E-state index contributed by atoms with van der Waals surface area (Å²) in [5, 5.41) is 0. The van der Waals surface area contributed by atoms with E-state index in [0.29, 0.717) is 39.4 Å². The Morgan fingerprint density at radius 3 is 2.46 bits per heavy atom. The van der Waals surface area contributed by atoms with E-state index in [2.05, 4.69) is 1.06 Å². The average Bonchev–Trinajstić information content (AvgIpc) is 2.16. The molecule has 0 bridgehead atoms. The molecule has 2 nitrogen and oxygen atoms in total. The molecule has 1 aromatic rings. The largest absolute Gasteiger partial charge is 0 e. The molecule has 0 spiro atoms. The minimum absolute atomic E-state index is 0. The molecule has 0 aliphatic carbocycles. The predicted molar refractivity (Wildman–Crippen MR) is 41.6 cm³/mol. The van der Waals surface area contributed by atoms with Crippen molar-refractivity contribution < 1.29 is 92.1 Å². The number of hydrogen-bond acceptors (Lipinski definition) is 2. The smallest absolute Gasteiger partial charge is 0 e. The molecule has 73 valence electrons. The van der Waals surface area contributed by atoms with Crippen LogP contribution in [0.1, 0.15) is 5.56 Å². The van der Waals surface area contributed by atoms with Crippen LogP contribution in [0.2, 0.25) is 0 Å². The number of rotatable bonds is 2. The monoisotopic (exact) mass is 463 g/mol. The summed E-state index contributed by atoms with van der Waals surface area (Å²) in [5.74, 6) is -0.273. The number of hydrogen-bond donors (Lipinski definition) is 0. The first kappa shape index (κ1) is 14.3. The van der Waals surface area contributed by atoms with E-state index in [1.54, 1.807) is 6.08 Å². The van der Waals surface area contributed by atoms with Crippen molar-refractivity contribution in [3.63, 3.8) is 0 Å². The maximum Gasteiger partial charge on any atom is 0 e. The quantitative estimate of drug-likeness (QED) is 0.624. The van der Waals surface area contributed by atoms with Gasteiger partial charge in [0.15, 0.2) is 0 Å². The molecule has 0 saturated heterocycles. The van der Waals surface area contributed by atoms with Crippen molar-refractivity contribution in [1.29, 1.82) is 0 Å². The van der Waals surface area contributed by atoms with Crippen LogP contribution in [0.3, 0.4) is 0 Å². The number of carbonyl (C=O) groups excluding carboxylic acids is 1. The molecule has 0 aromatic heterocycles. The van der Waals surface area contributed by atoms with Gasteiger partial charge < -0.3 is 0 Å². The van der Waals surface area contributed by atoms with Crippen molar-refractivity contribution in [2.75, 3.05) is 0 Å². The predicted octanol–water partition coefficient (Wildman–Crippen LogP) is 1.71. The Kier molecular flexibility index (Phi) is 9.46. The molecule has 1 rings (SSSR count). The normalized spacial score (nSPS) is 9.15. The van der Waals surface area contributed by atoms with Crippen LogP contribution in [-0.4, -0.2) is 5.97 Å². The van der Waals surface area contributed by atoms with Crippen molar-refractivity contribution in [3.8, 4) is 0 Å². The third-order valence-corrected chi connectivity index (χ3v) is 1.96. The van der Waals surface area contributed by atoms with Gasteiger partial charge in [0.1, 0.15) is 0 Å². The molecular formula is C9H7NdO2Yb. The van der Waals surface area contributed by atoms with E-state index in [-0.39, 0.29) is 52.9 Å². The Morgan fingerprint density at radius 1 is 1.31 bits per heavy atom. The molecule has 4 heteroatoms. The summed E-state index contributed by atoms with van der Waals surface area (Å²) in [5.41, 5.74) is 1.00. The van der Waals surface area contributed by atoms with Crippen molar-refractivity contribution in [3.05, 3.63) is 42.0 Å². The Balaban J connectivity index is 0.00000144. The third-order valence-electron chi connectivity index (χ3n) is 1.31. The van der Waals surface area contributed by atoms with Gasteiger partial charge in [0.2, 0.25) is 0 Å². The van der Waals surface area contributed by atoms with E-state index in [9.17, 15) is 4.79 Å². The summed E-state index contributed by atoms with van der Waals surface area (Å²) >= 11 is 0.449. The van der Waals surface area contributed by atoms with Crippen LogP contribution in [0.25, 0.3) is 6.08 Å². The second-order valence-corrected chi connectivity index (χ2v) is 2.82. The molecule has 0 aliphatic heterocycles. The van der Waals surface area contributed by atoms with Crippen molar-refractivity contribution in [1.82, 2.24) is 0 Å². The van der Waals surface area contributed by atoms with Gasteiger partial charge in [0.05, 0.1) is 0 Å². The minimum Gasteiger partial charge on any atom is 0 e. The second kappa shape index (κ2) is 8.60. The molecule has 1 aromatic carbocycles. The molecule has 0 amide bonds.